The van der Waals surface area contributed by atoms with Gasteiger partial charge < -0.3 is 14.6 Å². The molecule has 0 fully saturated rings. The van der Waals surface area contributed by atoms with Crippen LogP contribution in [0.4, 0.5) is 0 Å². The molecule has 0 aliphatic heterocycles. The quantitative estimate of drug-likeness (QED) is 0.718. The van der Waals surface area contributed by atoms with Crippen molar-refractivity contribution in [2.75, 3.05) is 13.2 Å². The molecule has 0 saturated carbocycles. The Morgan fingerprint density at radius 2 is 1.67 bits per heavy atom. The lowest BCUT2D eigenvalue weighted by Gasteiger charge is -2.32. The highest BCUT2D eigenvalue weighted by Gasteiger charge is 2.51. The first-order valence-corrected chi connectivity index (χ1v) is 7.95. The van der Waals surface area contributed by atoms with E-state index in [-0.39, 0.29) is 13.2 Å². The number of benzene rings is 1. The Hall–Kier alpha value is -1.92. The summed E-state index contributed by atoms with van der Waals surface area (Å²) >= 11 is 5.84. The molecule has 2 atom stereocenters. The van der Waals surface area contributed by atoms with Gasteiger partial charge in [-0.25, -0.2) is 4.79 Å². The molecule has 0 aliphatic carbocycles. The van der Waals surface area contributed by atoms with Crippen LogP contribution in [-0.4, -0.2) is 41.6 Å². The van der Waals surface area contributed by atoms with Gasteiger partial charge in [-0.05, 0) is 38.5 Å². The van der Waals surface area contributed by atoms with Gasteiger partial charge in [0, 0.05) is 11.4 Å². The van der Waals surface area contributed by atoms with Crippen molar-refractivity contribution in [2.24, 2.45) is 0 Å². The second-order valence-corrected chi connectivity index (χ2v) is 5.70. The van der Waals surface area contributed by atoms with Crippen LogP contribution in [0.3, 0.4) is 0 Å². The predicted octanol–water partition coefficient (Wildman–Crippen LogP) is 2.26. The molecule has 0 amide bonds. The van der Waals surface area contributed by atoms with Crippen molar-refractivity contribution in [3.8, 4) is 0 Å². The molecule has 0 aliphatic rings. The van der Waals surface area contributed by atoms with Crippen molar-refractivity contribution in [1.29, 1.82) is 0 Å². The number of hydrogen-bond donors (Lipinski definition) is 1. The standard InChI is InChI=1S/C17H21ClO6/c1-4-23-15(20)14(12-6-8-13(18)9-7-12)17(22,10-11(3)19)16(21)24-5-2/h6-9,14,22H,4-5,10H2,1-3H3/t14-,17+/m0/s1. The summed E-state index contributed by atoms with van der Waals surface area (Å²) in [4.78, 5) is 36.4. The summed E-state index contributed by atoms with van der Waals surface area (Å²) in [6, 6.07) is 6.02. The fraction of sp³-hybridized carbons (Fsp3) is 0.471. The number of carbonyl (C=O) groups excluding carboxylic acids is 3. The fourth-order valence-corrected chi connectivity index (χ4v) is 2.54. The number of Topliss-reactive ketones (excluding diaryl/α,β-unsaturated/α-hetero) is 1. The van der Waals surface area contributed by atoms with E-state index >= 15 is 0 Å². The largest absolute Gasteiger partial charge is 0.465 e. The minimum absolute atomic E-state index is 0.00475. The Balaban J connectivity index is 3.44. The number of halogens is 1. The lowest BCUT2D eigenvalue weighted by molar-refractivity contribution is -0.177. The maximum absolute atomic E-state index is 12.4. The number of carbonyl (C=O) groups is 3. The van der Waals surface area contributed by atoms with Crippen LogP contribution in [0.25, 0.3) is 0 Å². The van der Waals surface area contributed by atoms with Gasteiger partial charge in [-0.15, -0.1) is 0 Å². The first kappa shape index (κ1) is 20.1. The summed E-state index contributed by atoms with van der Waals surface area (Å²) in [5.74, 6) is -3.74. The molecule has 0 aromatic heterocycles. The lowest BCUT2D eigenvalue weighted by atomic mass is 9.78. The van der Waals surface area contributed by atoms with E-state index in [1.165, 1.54) is 31.2 Å². The van der Waals surface area contributed by atoms with Crippen molar-refractivity contribution in [1.82, 2.24) is 0 Å². The predicted molar refractivity (Wildman–Crippen MR) is 87.7 cm³/mol. The first-order valence-electron chi connectivity index (χ1n) is 7.57. The summed E-state index contributed by atoms with van der Waals surface area (Å²) in [6.07, 6.45) is -0.571. The van der Waals surface area contributed by atoms with Crippen LogP contribution in [0.15, 0.2) is 24.3 Å². The average Bonchev–Trinajstić information content (AvgIpc) is 2.49. The first-order chi connectivity index (χ1) is 11.3. The second-order valence-electron chi connectivity index (χ2n) is 5.26. The molecule has 1 rings (SSSR count). The second kappa shape index (κ2) is 8.80. The van der Waals surface area contributed by atoms with E-state index in [1.54, 1.807) is 13.8 Å². The van der Waals surface area contributed by atoms with Gasteiger partial charge >= 0.3 is 11.9 Å². The van der Waals surface area contributed by atoms with E-state index in [4.69, 9.17) is 21.1 Å². The van der Waals surface area contributed by atoms with Crippen LogP contribution >= 0.6 is 11.6 Å². The molecule has 1 N–H and O–H groups in total. The minimum atomic E-state index is -2.36. The molecule has 0 bridgehead atoms. The van der Waals surface area contributed by atoms with Gasteiger partial charge in [0.05, 0.1) is 13.2 Å². The highest BCUT2D eigenvalue weighted by Crippen LogP contribution is 2.35. The molecule has 0 heterocycles. The van der Waals surface area contributed by atoms with Gasteiger partial charge in [0.25, 0.3) is 0 Å². The lowest BCUT2D eigenvalue weighted by Crippen LogP contribution is -2.50. The van der Waals surface area contributed by atoms with Crippen LogP contribution in [0.2, 0.25) is 5.02 Å². The van der Waals surface area contributed by atoms with Crippen LogP contribution in [0.5, 0.6) is 0 Å². The number of ketones is 1. The van der Waals surface area contributed by atoms with Gasteiger partial charge in [-0.2, -0.15) is 0 Å². The van der Waals surface area contributed by atoms with Crippen LogP contribution < -0.4 is 0 Å². The third kappa shape index (κ3) is 4.79. The van der Waals surface area contributed by atoms with E-state index in [0.29, 0.717) is 10.6 Å². The van der Waals surface area contributed by atoms with Gasteiger partial charge in [-0.1, -0.05) is 23.7 Å². The molecule has 0 unspecified atom stereocenters. The molecule has 7 heteroatoms. The SMILES string of the molecule is CCOC(=O)[C@H](c1ccc(Cl)cc1)[C@](O)(CC(C)=O)C(=O)OCC. The number of hydrogen-bond acceptors (Lipinski definition) is 6. The molecule has 0 radical (unpaired) electrons. The van der Waals surface area contributed by atoms with Crippen molar-refractivity contribution in [2.45, 2.75) is 38.7 Å². The molecule has 0 saturated heterocycles. The highest BCUT2D eigenvalue weighted by atomic mass is 35.5. The van der Waals surface area contributed by atoms with Gasteiger partial charge in [0.1, 0.15) is 11.7 Å². The fourth-order valence-electron chi connectivity index (χ4n) is 2.42. The van der Waals surface area contributed by atoms with Gasteiger partial charge in [0.2, 0.25) is 0 Å². The third-order valence-corrected chi connectivity index (χ3v) is 3.60. The van der Waals surface area contributed by atoms with E-state index in [2.05, 4.69) is 0 Å². The molecule has 0 spiro atoms. The van der Waals surface area contributed by atoms with Crippen LogP contribution in [-0.2, 0) is 23.9 Å². The summed E-state index contributed by atoms with van der Waals surface area (Å²) in [7, 11) is 0. The molecule has 1 aromatic carbocycles. The number of ether oxygens (including phenoxy) is 2. The Morgan fingerprint density at radius 1 is 1.12 bits per heavy atom. The maximum atomic E-state index is 12.4. The normalized spacial score (nSPS) is 14.4. The van der Waals surface area contributed by atoms with Gasteiger partial charge in [0.15, 0.2) is 5.60 Å². The third-order valence-electron chi connectivity index (χ3n) is 3.35. The van der Waals surface area contributed by atoms with E-state index in [1.807, 2.05) is 0 Å². The Morgan fingerprint density at radius 3 is 2.12 bits per heavy atom. The van der Waals surface area contributed by atoms with Crippen LogP contribution in [0.1, 0.15) is 38.7 Å². The van der Waals surface area contributed by atoms with E-state index in [0.717, 1.165) is 0 Å². The molecular formula is C17H21ClO6. The van der Waals surface area contributed by atoms with Gasteiger partial charge in [-0.3, -0.25) is 9.59 Å². The number of esters is 2. The average molecular weight is 357 g/mol. The minimum Gasteiger partial charge on any atom is -0.465 e. The van der Waals surface area contributed by atoms with E-state index < -0.39 is 35.7 Å². The smallest absolute Gasteiger partial charge is 0.339 e. The Bertz CT molecular complexity index is 598. The summed E-state index contributed by atoms with van der Waals surface area (Å²) in [5.41, 5.74) is -2.06. The zero-order valence-corrected chi connectivity index (χ0v) is 14.6. The zero-order valence-electron chi connectivity index (χ0n) is 13.9. The number of aliphatic hydroxyl groups is 1. The Labute approximate surface area is 145 Å². The summed E-state index contributed by atoms with van der Waals surface area (Å²) < 4.78 is 9.88. The van der Waals surface area contributed by atoms with Crippen molar-refractivity contribution in [3.05, 3.63) is 34.9 Å². The summed E-state index contributed by atoms with van der Waals surface area (Å²) in [6.45, 7) is 4.43. The molecule has 24 heavy (non-hydrogen) atoms. The molecular weight excluding hydrogens is 336 g/mol. The monoisotopic (exact) mass is 356 g/mol. The van der Waals surface area contributed by atoms with Crippen molar-refractivity contribution < 1.29 is 29.0 Å². The van der Waals surface area contributed by atoms with Crippen molar-refractivity contribution >= 4 is 29.3 Å². The van der Waals surface area contributed by atoms with Crippen molar-refractivity contribution in [3.63, 3.8) is 0 Å². The zero-order chi connectivity index (χ0) is 18.3. The maximum Gasteiger partial charge on any atom is 0.339 e. The van der Waals surface area contributed by atoms with Crippen LogP contribution in [0, 0.1) is 0 Å². The Kier molecular flexibility index (Phi) is 7.38. The summed E-state index contributed by atoms with van der Waals surface area (Å²) in [5, 5.41) is 11.4. The van der Waals surface area contributed by atoms with E-state index in [9.17, 15) is 19.5 Å². The number of rotatable bonds is 8. The highest BCUT2D eigenvalue weighted by molar-refractivity contribution is 6.30. The molecule has 1 aromatic rings. The topological polar surface area (TPSA) is 89.9 Å². The molecule has 6 nitrogen and oxygen atoms in total. The molecule has 132 valence electrons.